The van der Waals surface area contributed by atoms with Crippen molar-refractivity contribution in [1.29, 1.82) is 0 Å². The van der Waals surface area contributed by atoms with E-state index in [1.165, 1.54) is 36.0 Å². The largest absolute Gasteiger partial charge is 0.466 e. The Hall–Kier alpha value is -1.92. The lowest BCUT2D eigenvalue weighted by Crippen LogP contribution is -2.18. The molecule has 2 aliphatic carbocycles. The Morgan fingerprint density at radius 2 is 2.14 bits per heavy atom. The van der Waals surface area contributed by atoms with Crippen LogP contribution in [0.3, 0.4) is 0 Å². The number of thiocarbonyl (C=S) groups is 1. The van der Waals surface area contributed by atoms with Crippen LogP contribution in [0.25, 0.3) is 0 Å². The second-order valence-electron chi connectivity index (χ2n) is 8.50. The van der Waals surface area contributed by atoms with Gasteiger partial charge in [0.2, 0.25) is 0 Å². The van der Waals surface area contributed by atoms with Gasteiger partial charge < -0.3 is 4.74 Å². The number of rotatable bonds is 7. The lowest BCUT2D eigenvalue weighted by atomic mass is 9.73. The number of allylic oxidation sites excluding steroid dienone is 8. The Balaban J connectivity index is 1.93. The summed E-state index contributed by atoms with van der Waals surface area (Å²) in [6.45, 7) is 9.18. The van der Waals surface area contributed by atoms with Crippen molar-refractivity contribution in [3.63, 3.8) is 0 Å². The van der Waals surface area contributed by atoms with Gasteiger partial charge in [0.05, 0.1) is 6.61 Å². The molecule has 0 unspecified atom stereocenters. The molecular formula is C26H34O2S. The third kappa shape index (κ3) is 7.44. The third-order valence-electron chi connectivity index (χ3n) is 5.67. The lowest BCUT2D eigenvalue weighted by molar-refractivity contribution is -0.143. The molecular weight excluding hydrogens is 376 g/mol. The van der Waals surface area contributed by atoms with Crippen LogP contribution in [-0.4, -0.2) is 17.4 Å². The van der Waals surface area contributed by atoms with Crippen LogP contribution in [0.15, 0.2) is 46.6 Å². The van der Waals surface area contributed by atoms with Crippen molar-refractivity contribution >= 4 is 23.1 Å². The summed E-state index contributed by atoms with van der Waals surface area (Å²) >= 11 is 5.51. The molecule has 2 nitrogen and oxygen atoms in total. The van der Waals surface area contributed by atoms with Gasteiger partial charge >= 0.3 is 5.97 Å². The smallest absolute Gasteiger partial charge is 0.305 e. The number of esters is 1. The van der Waals surface area contributed by atoms with E-state index in [0.29, 0.717) is 13.0 Å². The first kappa shape index (κ1) is 23.4. The molecule has 2 aliphatic rings. The molecule has 0 aromatic rings. The molecule has 29 heavy (non-hydrogen) atoms. The number of carbonyl (C=O) groups excluding carboxylic acids is 1. The molecule has 0 aliphatic heterocycles. The van der Waals surface area contributed by atoms with Crippen LogP contribution in [0.4, 0.5) is 0 Å². The van der Waals surface area contributed by atoms with E-state index >= 15 is 0 Å². The quantitative estimate of drug-likeness (QED) is 0.199. The minimum absolute atomic E-state index is 0.113. The van der Waals surface area contributed by atoms with E-state index in [0.717, 1.165) is 36.1 Å². The van der Waals surface area contributed by atoms with E-state index in [2.05, 4.69) is 50.8 Å². The third-order valence-corrected chi connectivity index (χ3v) is 6.10. The fraction of sp³-hybridized carbons (Fsp3) is 0.538. The Morgan fingerprint density at radius 3 is 2.86 bits per heavy atom. The molecule has 0 saturated heterocycles. The molecule has 0 aromatic heterocycles. The van der Waals surface area contributed by atoms with Gasteiger partial charge in [-0.1, -0.05) is 55.6 Å². The summed E-state index contributed by atoms with van der Waals surface area (Å²) in [6.07, 6.45) is 16.1. The summed E-state index contributed by atoms with van der Waals surface area (Å²) in [7, 11) is 0. The fourth-order valence-corrected chi connectivity index (χ4v) is 4.28. The van der Waals surface area contributed by atoms with Crippen LogP contribution < -0.4 is 0 Å². The normalized spacial score (nSPS) is 18.8. The second-order valence-corrected chi connectivity index (χ2v) is 9.00. The van der Waals surface area contributed by atoms with Crippen LogP contribution in [0.1, 0.15) is 79.1 Å². The Morgan fingerprint density at radius 1 is 1.34 bits per heavy atom. The highest BCUT2D eigenvalue weighted by Gasteiger charge is 2.26. The lowest BCUT2D eigenvalue weighted by Gasteiger charge is -2.32. The predicted molar refractivity (Wildman–Crippen MR) is 126 cm³/mol. The minimum atomic E-state index is -0.113. The van der Waals surface area contributed by atoms with Crippen LogP contribution in [0, 0.1) is 17.3 Å². The van der Waals surface area contributed by atoms with Crippen molar-refractivity contribution in [3.05, 3.63) is 46.6 Å². The first-order valence-electron chi connectivity index (χ1n) is 10.8. The number of carbonyl (C=O) groups is 1. The topological polar surface area (TPSA) is 26.3 Å². The van der Waals surface area contributed by atoms with Gasteiger partial charge in [0, 0.05) is 23.3 Å². The highest BCUT2D eigenvalue weighted by molar-refractivity contribution is 7.80. The number of ether oxygens (including phenoxy) is 1. The van der Waals surface area contributed by atoms with Crippen molar-refractivity contribution in [2.75, 3.05) is 6.61 Å². The monoisotopic (exact) mass is 410 g/mol. The van der Waals surface area contributed by atoms with Crippen LogP contribution in [0.5, 0.6) is 0 Å². The molecule has 2 rings (SSSR count). The van der Waals surface area contributed by atoms with E-state index in [4.69, 9.17) is 17.0 Å². The van der Waals surface area contributed by atoms with Gasteiger partial charge in [-0.2, -0.15) is 0 Å². The summed E-state index contributed by atoms with van der Waals surface area (Å²) in [5, 5.41) is 0. The molecule has 0 fully saturated rings. The summed E-state index contributed by atoms with van der Waals surface area (Å²) < 4.78 is 4.97. The fourth-order valence-electron chi connectivity index (χ4n) is 4.04. The first-order valence-corrected chi connectivity index (χ1v) is 11.2. The SMILES string of the molecule is CCOC(=O)CCCCC1=CC(C#CC=CC2=C(C)CCCC2(C)C)=CCC1=S. The second kappa shape index (κ2) is 11.3. The van der Waals surface area contributed by atoms with Gasteiger partial charge in [0.15, 0.2) is 0 Å². The van der Waals surface area contributed by atoms with Crippen LogP contribution in [0.2, 0.25) is 0 Å². The van der Waals surface area contributed by atoms with E-state index in [9.17, 15) is 4.79 Å². The first-order chi connectivity index (χ1) is 13.8. The highest BCUT2D eigenvalue weighted by Crippen LogP contribution is 2.40. The van der Waals surface area contributed by atoms with Crippen molar-refractivity contribution in [3.8, 4) is 11.8 Å². The van der Waals surface area contributed by atoms with Gasteiger partial charge in [-0.15, -0.1) is 0 Å². The maximum atomic E-state index is 11.4. The molecule has 0 bridgehead atoms. The standard InChI is InChI=1S/C26H34O2S/c1-5-28-25(27)15-9-7-13-22-19-21(16-17-24(22)29)12-6-8-14-23-20(2)11-10-18-26(23,3)4/h8,14,16,19H,5,7,9-11,13,15,17-18H2,1-4H3. The van der Waals surface area contributed by atoms with Gasteiger partial charge in [-0.05, 0) is 81.1 Å². The van der Waals surface area contributed by atoms with Crippen molar-refractivity contribution in [2.24, 2.45) is 5.41 Å². The molecule has 0 radical (unpaired) electrons. The van der Waals surface area contributed by atoms with Crippen LogP contribution in [-0.2, 0) is 9.53 Å². The Labute approximate surface area is 182 Å². The van der Waals surface area contributed by atoms with Gasteiger partial charge in [-0.25, -0.2) is 0 Å². The van der Waals surface area contributed by atoms with E-state index in [1.807, 2.05) is 13.0 Å². The van der Waals surface area contributed by atoms with Crippen molar-refractivity contribution in [2.45, 2.75) is 79.1 Å². The predicted octanol–water partition coefficient (Wildman–Crippen LogP) is 6.82. The summed E-state index contributed by atoms with van der Waals surface area (Å²) in [6, 6.07) is 0. The Kier molecular flexibility index (Phi) is 9.11. The summed E-state index contributed by atoms with van der Waals surface area (Å²) in [5.74, 6) is 6.37. The van der Waals surface area contributed by atoms with Crippen molar-refractivity contribution < 1.29 is 9.53 Å². The van der Waals surface area contributed by atoms with E-state index in [-0.39, 0.29) is 11.4 Å². The molecule has 0 N–H and O–H groups in total. The number of unbranched alkanes of at least 4 members (excludes halogenated alkanes) is 1. The van der Waals surface area contributed by atoms with Gasteiger partial charge in [0.25, 0.3) is 0 Å². The molecule has 0 amide bonds. The average molecular weight is 411 g/mol. The molecule has 0 atom stereocenters. The molecule has 0 saturated carbocycles. The highest BCUT2D eigenvalue weighted by atomic mass is 32.1. The van der Waals surface area contributed by atoms with Crippen molar-refractivity contribution in [1.82, 2.24) is 0 Å². The zero-order valence-electron chi connectivity index (χ0n) is 18.4. The summed E-state index contributed by atoms with van der Waals surface area (Å²) in [5.41, 5.74) is 5.40. The zero-order valence-corrected chi connectivity index (χ0v) is 19.2. The average Bonchev–Trinajstić information content (AvgIpc) is 2.66. The maximum absolute atomic E-state index is 11.4. The molecule has 0 spiro atoms. The molecule has 0 aromatic carbocycles. The minimum Gasteiger partial charge on any atom is -0.466 e. The Bertz CT molecular complexity index is 809. The van der Waals surface area contributed by atoms with E-state index < -0.39 is 0 Å². The van der Waals surface area contributed by atoms with Gasteiger partial charge in [0.1, 0.15) is 0 Å². The number of hydrogen-bond donors (Lipinski definition) is 0. The maximum Gasteiger partial charge on any atom is 0.305 e. The molecule has 156 valence electrons. The summed E-state index contributed by atoms with van der Waals surface area (Å²) in [4.78, 5) is 12.4. The van der Waals surface area contributed by atoms with Gasteiger partial charge in [-0.3, -0.25) is 4.79 Å². The molecule has 0 heterocycles. The van der Waals surface area contributed by atoms with Crippen LogP contribution >= 0.6 is 12.2 Å². The molecule has 3 heteroatoms. The number of hydrogen-bond acceptors (Lipinski definition) is 3. The van der Waals surface area contributed by atoms with E-state index in [1.54, 1.807) is 0 Å². The zero-order chi connectivity index (χ0) is 21.3.